The molecule has 1 aliphatic rings. The van der Waals surface area contributed by atoms with E-state index in [2.05, 4.69) is 4.74 Å². The first kappa shape index (κ1) is 16.2. The Hall–Kier alpha value is -2.70. The smallest absolute Gasteiger partial charge is 0.419 e. The molecular weight excluding hydrogens is 325 g/mol. The average Bonchev–Trinajstić information content (AvgIpc) is 2.53. The third-order valence-corrected chi connectivity index (χ3v) is 3.61. The minimum atomic E-state index is -4.62. The number of carbonyl (C=O) groups excluding carboxylic acids is 1. The zero-order valence-corrected chi connectivity index (χ0v) is 12.6. The second-order valence-corrected chi connectivity index (χ2v) is 5.17. The van der Waals surface area contributed by atoms with E-state index in [9.17, 15) is 18.0 Å². The molecule has 2 aromatic rings. The van der Waals surface area contributed by atoms with E-state index in [0.717, 1.165) is 13.2 Å². The highest BCUT2D eigenvalue weighted by Gasteiger charge is 2.38. The van der Waals surface area contributed by atoms with E-state index in [4.69, 9.17) is 9.47 Å². The molecule has 4 nitrogen and oxygen atoms in total. The van der Waals surface area contributed by atoms with Crippen molar-refractivity contribution in [1.29, 1.82) is 0 Å². The molecule has 0 saturated carbocycles. The van der Waals surface area contributed by atoms with E-state index in [-0.39, 0.29) is 6.42 Å². The second-order valence-electron chi connectivity index (χ2n) is 5.17. The van der Waals surface area contributed by atoms with Crippen LogP contribution < -0.4 is 9.47 Å². The number of ether oxygens (including phenoxy) is 3. The number of rotatable bonds is 1. The van der Waals surface area contributed by atoms with Gasteiger partial charge >= 0.3 is 18.4 Å². The summed E-state index contributed by atoms with van der Waals surface area (Å²) in [6, 6.07) is 10.5. The first-order chi connectivity index (χ1) is 11.4. The molecule has 0 aliphatic carbocycles. The number of halogens is 3. The second kappa shape index (κ2) is 6.07. The molecule has 7 heteroatoms. The van der Waals surface area contributed by atoms with Gasteiger partial charge in [-0.25, -0.2) is 4.79 Å². The number of carbonyl (C=O) groups is 1. The topological polar surface area (TPSA) is 44.8 Å². The number of alkyl halides is 3. The van der Waals surface area contributed by atoms with Gasteiger partial charge in [0.25, 0.3) is 0 Å². The van der Waals surface area contributed by atoms with Crippen molar-refractivity contribution in [3.05, 3.63) is 59.2 Å². The third kappa shape index (κ3) is 3.02. The first-order valence-corrected chi connectivity index (χ1v) is 7.08. The number of benzene rings is 2. The zero-order chi connectivity index (χ0) is 17.3. The molecule has 24 heavy (non-hydrogen) atoms. The normalized spacial score (nSPS) is 16.6. The Morgan fingerprint density at radius 1 is 1.08 bits per heavy atom. The fourth-order valence-corrected chi connectivity index (χ4v) is 2.50. The van der Waals surface area contributed by atoms with Crippen molar-refractivity contribution in [3.63, 3.8) is 0 Å². The van der Waals surface area contributed by atoms with Crippen LogP contribution in [-0.2, 0) is 22.1 Å². The number of esters is 1. The summed E-state index contributed by atoms with van der Waals surface area (Å²) >= 11 is 0. The summed E-state index contributed by atoms with van der Waals surface area (Å²) in [5.41, 5.74) is 0.00152. The van der Waals surface area contributed by atoms with E-state index >= 15 is 0 Å². The number of para-hydroxylation sites is 2. The maximum Gasteiger partial charge on any atom is 0.419 e. The zero-order valence-electron chi connectivity index (χ0n) is 12.6. The molecule has 0 spiro atoms. The van der Waals surface area contributed by atoms with Crippen molar-refractivity contribution in [2.24, 2.45) is 0 Å². The minimum absolute atomic E-state index is 0.184. The predicted molar refractivity (Wildman–Crippen MR) is 77.8 cm³/mol. The highest BCUT2D eigenvalue weighted by Crippen LogP contribution is 2.41. The molecular formula is C17H13F3O4. The highest BCUT2D eigenvalue weighted by molar-refractivity contribution is 5.74. The Morgan fingerprint density at radius 2 is 1.79 bits per heavy atom. The van der Waals surface area contributed by atoms with Crippen LogP contribution in [0.5, 0.6) is 11.5 Å². The molecule has 0 radical (unpaired) electrons. The van der Waals surface area contributed by atoms with Gasteiger partial charge in [0.15, 0.2) is 0 Å². The maximum absolute atomic E-state index is 13.3. The van der Waals surface area contributed by atoms with Gasteiger partial charge in [-0.05, 0) is 23.3 Å². The molecule has 1 atom stereocenters. The molecule has 0 amide bonds. The summed E-state index contributed by atoms with van der Waals surface area (Å²) in [7, 11) is 1.11. The Kier molecular flexibility index (Phi) is 4.09. The average molecular weight is 338 g/mol. The summed E-state index contributed by atoms with van der Waals surface area (Å²) in [4.78, 5) is 11.9. The van der Waals surface area contributed by atoms with E-state index in [1.54, 1.807) is 24.3 Å². The van der Waals surface area contributed by atoms with Gasteiger partial charge in [0, 0.05) is 6.42 Å². The van der Waals surface area contributed by atoms with E-state index < -0.39 is 29.7 Å². The lowest BCUT2D eigenvalue weighted by Crippen LogP contribution is -2.36. The number of fused-ring (bicyclic) bond motifs is 2. The lowest BCUT2D eigenvalue weighted by Gasteiger charge is -2.26. The first-order valence-electron chi connectivity index (χ1n) is 7.08. The van der Waals surface area contributed by atoms with Crippen molar-refractivity contribution < 1.29 is 32.2 Å². The standard InChI is InChI=1S/C17H13F3O4/c1-22-15(21)16-23-13-8-3-2-5-10(13)9-11-6-4-7-12(14(11)24-16)17(18,19)20/h2-8,16H,9H2,1H3. The van der Waals surface area contributed by atoms with Gasteiger partial charge in [0.1, 0.15) is 11.5 Å². The molecule has 2 aromatic carbocycles. The highest BCUT2D eigenvalue weighted by atomic mass is 19.4. The van der Waals surface area contributed by atoms with Crippen LogP contribution in [0, 0.1) is 0 Å². The number of methoxy groups -OCH3 is 1. The van der Waals surface area contributed by atoms with E-state index in [0.29, 0.717) is 16.9 Å². The van der Waals surface area contributed by atoms with Gasteiger partial charge < -0.3 is 14.2 Å². The molecule has 0 aromatic heterocycles. The van der Waals surface area contributed by atoms with Crippen molar-refractivity contribution in [2.45, 2.75) is 18.9 Å². The SMILES string of the molecule is COC(=O)C1Oc2ccccc2Cc2cccc(C(F)(F)F)c2O1. The van der Waals surface area contributed by atoms with Crippen LogP contribution in [0.3, 0.4) is 0 Å². The predicted octanol–water partition coefficient (Wildman–Crippen LogP) is 3.57. The minimum Gasteiger partial charge on any atom is -0.463 e. The molecule has 0 fully saturated rings. The molecule has 1 aliphatic heterocycles. The Labute approximate surface area is 135 Å². The van der Waals surface area contributed by atoms with Crippen LogP contribution in [0.4, 0.5) is 13.2 Å². The van der Waals surface area contributed by atoms with Crippen LogP contribution in [-0.4, -0.2) is 19.4 Å². The molecule has 1 heterocycles. The van der Waals surface area contributed by atoms with Crippen molar-refractivity contribution in [1.82, 2.24) is 0 Å². The molecule has 0 bridgehead atoms. The summed E-state index contributed by atoms with van der Waals surface area (Å²) in [6.07, 6.45) is -6.06. The van der Waals surface area contributed by atoms with Crippen LogP contribution in [0.25, 0.3) is 0 Å². The van der Waals surface area contributed by atoms with Crippen molar-refractivity contribution >= 4 is 5.97 Å². The number of hydrogen-bond acceptors (Lipinski definition) is 4. The lowest BCUT2D eigenvalue weighted by atomic mass is 9.99. The van der Waals surface area contributed by atoms with E-state index in [1.165, 1.54) is 12.1 Å². The summed E-state index contributed by atoms with van der Waals surface area (Å²) in [6.45, 7) is 0. The third-order valence-electron chi connectivity index (χ3n) is 3.61. The summed E-state index contributed by atoms with van der Waals surface area (Å²) < 4.78 is 55.1. The molecule has 0 saturated heterocycles. The fourth-order valence-electron chi connectivity index (χ4n) is 2.50. The van der Waals surface area contributed by atoms with Crippen LogP contribution in [0.1, 0.15) is 16.7 Å². The monoisotopic (exact) mass is 338 g/mol. The molecule has 3 rings (SSSR count). The maximum atomic E-state index is 13.3. The fraction of sp³-hybridized carbons (Fsp3) is 0.235. The van der Waals surface area contributed by atoms with Crippen molar-refractivity contribution in [3.8, 4) is 11.5 Å². The van der Waals surface area contributed by atoms with Crippen LogP contribution in [0.2, 0.25) is 0 Å². The molecule has 126 valence electrons. The van der Waals surface area contributed by atoms with Crippen LogP contribution >= 0.6 is 0 Å². The van der Waals surface area contributed by atoms with Gasteiger partial charge in [0.2, 0.25) is 0 Å². The lowest BCUT2D eigenvalue weighted by molar-refractivity contribution is -0.165. The van der Waals surface area contributed by atoms with Crippen molar-refractivity contribution in [2.75, 3.05) is 7.11 Å². The quantitative estimate of drug-likeness (QED) is 0.746. The number of hydrogen-bond donors (Lipinski definition) is 0. The van der Waals surface area contributed by atoms with E-state index in [1.807, 2.05) is 0 Å². The Bertz CT molecular complexity index is 771. The summed E-state index contributed by atoms with van der Waals surface area (Å²) in [5.74, 6) is -0.986. The molecule has 1 unspecified atom stereocenters. The van der Waals surface area contributed by atoms with Crippen LogP contribution in [0.15, 0.2) is 42.5 Å². The largest absolute Gasteiger partial charge is 0.463 e. The molecule has 0 N–H and O–H groups in total. The van der Waals surface area contributed by atoms with Gasteiger partial charge in [-0.15, -0.1) is 0 Å². The van der Waals surface area contributed by atoms with Gasteiger partial charge in [-0.3, -0.25) is 0 Å². The van der Waals surface area contributed by atoms with Gasteiger partial charge in [0.05, 0.1) is 12.7 Å². The Balaban J connectivity index is 2.17. The Morgan fingerprint density at radius 3 is 2.50 bits per heavy atom. The van der Waals surface area contributed by atoms with Gasteiger partial charge in [-0.1, -0.05) is 30.3 Å². The summed E-state index contributed by atoms with van der Waals surface area (Å²) in [5, 5.41) is 0. The van der Waals surface area contributed by atoms with Gasteiger partial charge in [-0.2, -0.15) is 13.2 Å².